The van der Waals surface area contributed by atoms with E-state index in [1.165, 1.54) is 5.56 Å². The maximum Gasteiger partial charge on any atom is 0.327 e. The maximum absolute atomic E-state index is 11.9. The molecule has 1 rings (SSSR count). The zero-order valence-corrected chi connectivity index (χ0v) is 13.1. The van der Waals surface area contributed by atoms with E-state index in [9.17, 15) is 4.79 Å². The first kappa shape index (κ1) is 15.2. The highest BCUT2D eigenvalue weighted by Crippen LogP contribution is 2.32. The van der Waals surface area contributed by atoms with Crippen LogP contribution in [0.25, 0.3) is 0 Å². The molecule has 0 aliphatic rings. The molecule has 0 heterocycles. The predicted octanol–water partition coefficient (Wildman–Crippen LogP) is 4.06. The van der Waals surface area contributed by atoms with Crippen LogP contribution in [0.1, 0.15) is 38.8 Å². The molecule has 0 bridgehead atoms. The zero-order valence-electron chi connectivity index (χ0n) is 11.5. The predicted molar refractivity (Wildman–Crippen MR) is 77.9 cm³/mol. The van der Waals surface area contributed by atoms with Crippen molar-refractivity contribution in [2.75, 3.05) is 6.61 Å². The molecule has 3 heteroatoms. The molecule has 0 N–H and O–H groups in total. The molecule has 1 aromatic rings. The van der Waals surface area contributed by atoms with Gasteiger partial charge in [0.1, 0.15) is 4.32 Å². The number of hydrogen-bond acceptors (Lipinski definition) is 2. The fourth-order valence-electron chi connectivity index (χ4n) is 1.81. The molecule has 0 aromatic heterocycles. The number of ether oxygens (including phenoxy) is 1. The normalized spacial score (nSPS) is 14.3. The molecule has 0 aliphatic heterocycles. The second-order valence-corrected chi connectivity index (χ2v) is 6.60. The van der Waals surface area contributed by atoms with Gasteiger partial charge in [0.2, 0.25) is 0 Å². The van der Waals surface area contributed by atoms with E-state index < -0.39 is 4.32 Å². The van der Waals surface area contributed by atoms with E-state index >= 15 is 0 Å². The summed E-state index contributed by atoms with van der Waals surface area (Å²) in [6.07, 6.45) is 1.05. The summed E-state index contributed by atoms with van der Waals surface area (Å²) in [6.45, 7) is 8.42. The van der Waals surface area contributed by atoms with Crippen LogP contribution in [0.2, 0.25) is 0 Å². The van der Waals surface area contributed by atoms with Crippen molar-refractivity contribution in [1.82, 2.24) is 0 Å². The number of rotatable bonds is 5. The Morgan fingerprint density at radius 2 is 1.89 bits per heavy atom. The van der Waals surface area contributed by atoms with Gasteiger partial charge in [0.15, 0.2) is 0 Å². The lowest BCUT2D eigenvalue weighted by Crippen LogP contribution is -2.28. The average molecular weight is 313 g/mol. The standard InChI is InChI=1S/C15H21BrO2/c1-5-18-14(17)15(4,16)13-8-6-12(7-9-13)10-11(2)3/h6-9,11H,5,10H2,1-4H3. The number of esters is 1. The molecule has 1 aromatic carbocycles. The number of halogens is 1. The van der Waals surface area contributed by atoms with E-state index in [-0.39, 0.29) is 5.97 Å². The SMILES string of the molecule is CCOC(=O)C(C)(Br)c1ccc(CC(C)C)cc1. The highest BCUT2D eigenvalue weighted by atomic mass is 79.9. The largest absolute Gasteiger partial charge is 0.465 e. The third kappa shape index (κ3) is 3.84. The van der Waals surface area contributed by atoms with Crippen molar-refractivity contribution in [2.45, 2.75) is 38.4 Å². The van der Waals surface area contributed by atoms with Crippen molar-refractivity contribution in [1.29, 1.82) is 0 Å². The van der Waals surface area contributed by atoms with Crippen molar-refractivity contribution >= 4 is 21.9 Å². The van der Waals surface area contributed by atoms with Crippen LogP contribution in [-0.4, -0.2) is 12.6 Å². The number of alkyl halides is 1. The van der Waals surface area contributed by atoms with Gasteiger partial charge in [0, 0.05) is 0 Å². The lowest BCUT2D eigenvalue weighted by molar-refractivity contribution is -0.145. The maximum atomic E-state index is 11.9. The molecular formula is C15H21BrO2. The Kier molecular flexibility index (Phi) is 5.39. The number of benzene rings is 1. The van der Waals surface area contributed by atoms with Gasteiger partial charge >= 0.3 is 5.97 Å². The molecule has 0 amide bonds. The first-order valence-corrected chi connectivity index (χ1v) is 7.12. The first-order valence-electron chi connectivity index (χ1n) is 6.33. The fraction of sp³-hybridized carbons (Fsp3) is 0.533. The van der Waals surface area contributed by atoms with E-state index in [1.807, 2.05) is 26.0 Å². The minimum absolute atomic E-state index is 0.249. The molecule has 0 saturated carbocycles. The van der Waals surface area contributed by atoms with Crippen molar-refractivity contribution in [3.05, 3.63) is 35.4 Å². The van der Waals surface area contributed by atoms with E-state index in [0.29, 0.717) is 12.5 Å². The molecule has 0 saturated heterocycles. The molecule has 0 aliphatic carbocycles. The Labute approximate surface area is 118 Å². The van der Waals surface area contributed by atoms with Gasteiger partial charge in [-0.05, 0) is 37.3 Å². The topological polar surface area (TPSA) is 26.3 Å². The van der Waals surface area contributed by atoms with E-state index in [0.717, 1.165) is 12.0 Å². The van der Waals surface area contributed by atoms with Crippen molar-refractivity contribution in [2.24, 2.45) is 5.92 Å². The first-order chi connectivity index (χ1) is 8.37. The van der Waals surface area contributed by atoms with E-state index in [1.54, 1.807) is 0 Å². The van der Waals surface area contributed by atoms with Crippen LogP contribution in [0.15, 0.2) is 24.3 Å². The molecule has 0 fully saturated rings. The molecule has 0 radical (unpaired) electrons. The van der Waals surface area contributed by atoms with E-state index in [2.05, 4.69) is 41.9 Å². The summed E-state index contributed by atoms with van der Waals surface area (Å²) in [5.41, 5.74) is 2.22. The van der Waals surface area contributed by atoms with Crippen LogP contribution in [0.4, 0.5) is 0 Å². The Balaban J connectivity index is 2.86. The molecular weight excluding hydrogens is 292 g/mol. The average Bonchev–Trinajstić information content (AvgIpc) is 2.29. The highest BCUT2D eigenvalue weighted by molar-refractivity contribution is 9.10. The molecule has 1 unspecified atom stereocenters. The van der Waals surface area contributed by atoms with Crippen LogP contribution in [-0.2, 0) is 20.3 Å². The summed E-state index contributed by atoms with van der Waals surface area (Å²) >= 11 is 3.46. The summed E-state index contributed by atoms with van der Waals surface area (Å²) < 4.78 is 4.31. The Morgan fingerprint density at radius 3 is 2.33 bits per heavy atom. The highest BCUT2D eigenvalue weighted by Gasteiger charge is 2.33. The van der Waals surface area contributed by atoms with Crippen LogP contribution in [0.3, 0.4) is 0 Å². The van der Waals surface area contributed by atoms with Crippen LogP contribution in [0, 0.1) is 5.92 Å². The quantitative estimate of drug-likeness (QED) is 0.605. The second-order valence-electron chi connectivity index (χ2n) is 5.02. The molecule has 100 valence electrons. The van der Waals surface area contributed by atoms with Gasteiger partial charge in [-0.1, -0.05) is 54.0 Å². The van der Waals surface area contributed by atoms with E-state index in [4.69, 9.17) is 4.74 Å². The summed E-state index contributed by atoms with van der Waals surface area (Å²) in [6, 6.07) is 8.13. The molecule has 18 heavy (non-hydrogen) atoms. The van der Waals surface area contributed by atoms with Gasteiger partial charge in [-0.25, -0.2) is 0 Å². The minimum atomic E-state index is -0.765. The third-order valence-corrected chi connectivity index (χ3v) is 3.58. The van der Waals surface area contributed by atoms with Crippen LogP contribution >= 0.6 is 15.9 Å². The lowest BCUT2D eigenvalue weighted by Gasteiger charge is -2.21. The van der Waals surface area contributed by atoms with Crippen molar-refractivity contribution < 1.29 is 9.53 Å². The number of carbonyl (C=O) groups excluding carboxylic acids is 1. The Bertz CT molecular complexity index is 393. The summed E-state index contributed by atoms with van der Waals surface area (Å²) in [4.78, 5) is 11.9. The molecule has 2 nitrogen and oxygen atoms in total. The smallest absolute Gasteiger partial charge is 0.327 e. The molecule has 1 atom stereocenters. The lowest BCUT2D eigenvalue weighted by atomic mass is 9.97. The minimum Gasteiger partial charge on any atom is -0.465 e. The van der Waals surface area contributed by atoms with Crippen LogP contribution in [0.5, 0.6) is 0 Å². The van der Waals surface area contributed by atoms with Gasteiger partial charge in [-0.2, -0.15) is 0 Å². The van der Waals surface area contributed by atoms with Crippen molar-refractivity contribution in [3.8, 4) is 0 Å². The second kappa shape index (κ2) is 6.37. The van der Waals surface area contributed by atoms with Gasteiger partial charge in [0.05, 0.1) is 6.61 Å². The van der Waals surface area contributed by atoms with Gasteiger partial charge in [-0.15, -0.1) is 0 Å². The number of hydrogen-bond donors (Lipinski definition) is 0. The Morgan fingerprint density at radius 1 is 1.33 bits per heavy atom. The Hall–Kier alpha value is -0.830. The fourth-order valence-corrected chi connectivity index (χ4v) is 2.19. The molecule has 0 spiro atoms. The van der Waals surface area contributed by atoms with Crippen LogP contribution < -0.4 is 0 Å². The summed E-state index contributed by atoms with van der Waals surface area (Å²) in [5.74, 6) is 0.387. The third-order valence-electron chi connectivity index (χ3n) is 2.80. The zero-order chi connectivity index (χ0) is 13.8. The number of carbonyl (C=O) groups is 1. The van der Waals surface area contributed by atoms with Gasteiger partial charge in [-0.3, -0.25) is 4.79 Å². The van der Waals surface area contributed by atoms with Crippen molar-refractivity contribution in [3.63, 3.8) is 0 Å². The summed E-state index contributed by atoms with van der Waals surface area (Å²) in [7, 11) is 0. The van der Waals surface area contributed by atoms with Gasteiger partial charge in [0.25, 0.3) is 0 Å². The monoisotopic (exact) mass is 312 g/mol. The summed E-state index contributed by atoms with van der Waals surface area (Å²) in [5, 5.41) is 0. The van der Waals surface area contributed by atoms with Gasteiger partial charge < -0.3 is 4.74 Å².